The second kappa shape index (κ2) is 9.77. The summed E-state index contributed by atoms with van der Waals surface area (Å²) in [6.07, 6.45) is -0.191. The van der Waals surface area contributed by atoms with Crippen LogP contribution in [0.25, 0.3) is 0 Å². The molecule has 2 aliphatic rings. The number of carbonyl (C=O) groups excluding carboxylic acids is 2. The van der Waals surface area contributed by atoms with Crippen molar-refractivity contribution in [2.75, 3.05) is 26.2 Å². The van der Waals surface area contributed by atoms with Crippen molar-refractivity contribution in [3.05, 3.63) is 69.5 Å². The van der Waals surface area contributed by atoms with Gasteiger partial charge in [0, 0.05) is 31.1 Å². The number of carbonyl (C=O) groups is 2. The van der Waals surface area contributed by atoms with Gasteiger partial charge in [-0.25, -0.2) is 9.82 Å². The van der Waals surface area contributed by atoms with Crippen LogP contribution in [0.3, 0.4) is 0 Å². The molecule has 2 aromatic carbocycles. The first-order valence-corrected chi connectivity index (χ1v) is 10.8. The van der Waals surface area contributed by atoms with E-state index in [4.69, 9.17) is 16.3 Å². The van der Waals surface area contributed by atoms with E-state index in [0.29, 0.717) is 43.1 Å². The highest BCUT2D eigenvalue weighted by molar-refractivity contribution is 6.30. The number of hydrogen-bond acceptors (Lipinski definition) is 5. The lowest BCUT2D eigenvalue weighted by molar-refractivity contribution is -0.119. The van der Waals surface area contributed by atoms with Crippen molar-refractivity contribution in [3.8, 4) is 0 Å². The number of hydrogen-bond donors (Lipinski definition) is 3. The Balaban J connectivity index is 1.49. The van der Waals surface area contributed by atoms with Crippen LogP contribution in [0.15, 0.2) is 41.5 Å². The number of nitrogens with one attached hydrogen (secondary N) is 3. The maximum Gasteiger partial charge on any atom is 0.251 e. The fourth-order valence-corrected chi connectivity index (χ4v) is 4.04. The third-order valence-electron chi connectivity index (χ3n) is 5.67. The Morgan fingerprint density at radius 2 is 2.16 bits per heavy atom. The minimum absolute atomic E-state index is 0.0597. The van der Waals surface area contributed by atoms with Gasteiger partial charge >= 0.3 is 0 Å². The number of aryl methyl sites for hydroxylation is 1. The summed E-state index contributed by atoms with van der Waals surface area (Å²) < 4.78 is 20.0. The zero-order valence-electron chi connectivity index (χ0n) is 17.6. The van der Waals surface area contributed by atoms with Gasteiger partial charge in [-0.2, -0.15) is 5.10 Å². The van der Waals surface area contributed by atoms with Crippen LogP contribution in [-0.4, -0.2) is 43.8 Å². The second-order valence-corrected chi connectivity index (χ2v) is 8.35. The smallest absolute Gasteiger partial charge is 0.251 e. The molecule has 0 spiro atoms. The van der Waals surface area contributed by atoms with Crippen molar-refractivity contribution < 1.29 is 18.7 Å². The molecular formula is C23H24ClFN4O3. The molecule has 0 aromatic heterocycles. The minimum atomic E-state index is -0.497. The molecule has 168 valence electrons. The van der Waals surface area contributed by atoms with Gasteiger partial charge in [-0.05, 0) is 41.8 Å². The van der Waals surface area contributed by atoms with E-state index in [1.807, 2.05) is 19.1 Å². The zero-order valence-corrected chi connectivity index (χ0v) is 18.3. The molecule has 1 saturated heterocycles. The lowest BCUT2D eigenvalue weighted by Gasteiger charge is -2.25. The predicted molar refractivity (Wildman–Crippen MR) is 119 cm³/mol. The minimum Gasteiger partial charge on any atom is -0.372 e. The Labute approximate surface area is 190 Å². The summed E-state index contributed by atoms with van der Waals surface area (Å²) in [4.78, 5) is 24.4. The van der Waals surface area contributed by atoms with Crippen LogP contribution in [-0.2, 0) is 9.53 Å². The van der Waals surface area contributed by atoms with Crippen LogP contribution in [0.5, 0.6) is 0 Å². The van der Waals surface area contributed by atoms with Crippen LogP contribution in [0.1, 0.15) is 39.6 Å². The summed E-state index contributed by atoms with van der Waals surface area (Å²) in [6, 6.07) is 10.1. The number of ether oxygens (including phenoxy) is 1. The first-order chi connectivity index (χ1) is 15.4. The van der Waals surface area contributed by atoms with E-state index in [1.54, 1.807) is 12.1 Å². The lowest BCUT2D eigenvalue weighted by Crippen LogP contribution is -2.36. The Hall–Kier alpha value is -2.81. The highest BCUT2D eigenvalue weighted by Gasteiger charge is 2.28. The normalized spacial score (nSPS) is 21.0. The van der Waals surface area contributed by atoms with Crippen molar-refractivity contribution in [1.29, 1.82) is 0 Å². The number of benzene rings is 2. The third kappa shape index (κ3) is 4.98. The first-order valence-electron chi connectivity index (χ1n) is 10.4. The fourth-order valence-electron chi connectivity index (χ4n) is 3.92. The SMILES string of the molecule is Cc1ccc(C2=NNC(=O)C2)cc1C(=O)NC[C@@H]1CNCCO[C@H]1c1ccc(Cl)c(F)c1. The molecule has 0 bridgehead atoms. The average Bonchev–Trinajstić information content (AvgIpc) is 3.08. The monoisotopic (exact) mass is 458 g/mol. The molecule has 2 amide bonds. The summed E-state index contributed by atoms with van der Waals surface area (Å²) in [5, 5.41) is 10.4. The van der Waals surface area contributed by atoms with E-state index in [2.05, 4.69) is 21.2 Å². The Morgan fingerprint density at radius 1 is 1.31 bits per heavy atom. The number of rotatable bonds is 5. The first kappa shape index (κ1) is 22.4. The van der Waals surface area contributed by atoms with Gasteiger partial charge in [0.05, 0.1) is 29.9 Å². The topological polar surface area (TPSA) is 91.8 Å². The van der Waals surface area contributed by atoms with Crippen molar-refractivity contribution >= 4 is 29.1 Å². The molecule has 1 fully saturated rings. The molecule has 0 saturated carbocycles. The number of hydrazone groups is 1. The molecule has 0 radical (unpaired) electrons. The molecule has 0 aliphatic carbocycles. The highest BCUT2D eigenvalue weighted by Crippen LogP contribution is 2.29. The van der Waals surface area contributed by atoms with Gasteiger partial charge in [-0.15, -0.1) is 0 Å². The summed E-state index contributed by atoms with van der Waals surface area (Å²) in [5.41, 5.74) is 5.78. The molecule has 32 heavy (non-hydrogen) atoms. The van der Waals surface area contributed by atoms with Gasteiger partial charge in [-0.3, -0.25) is 9.59 Å². The predicted octanol–water partition coefficient (Wildman–Crippen LogP) is 2.72. The maximum absolute atomic E-state index is 14.0. The molecule has 0 unspecified atom stereocenters. The van der Waals surface area contributed by atoms with Crippen LogP contribution in [0, 0.1) is 18.7 Å². The van der Waals surface area contributed by atoms with Crippen LogP contribution >= 0.6 is 11.6 Å². The van der Waals surface area contributed by atoms with E-state index < -0.39 is 5.82 Å². The van der Waals surface area contributed by atoms with Gasteiger partial charge in [-0.1, -0.05) is 29.8 Å². The van der Waals surface area contributed by atoms with E-state index in [0.717, 1.165) is 11.1 Å². The largest absolute Gasteiger partial charge is 0.372 e. The molecule has 4 rings (SSSR count). The summed E-state index contributed by atoms with van der Waals surface area (Å²) >= 11 is 5.83. The van der Waals surface area contributed by atoms with E-state index in [1.165, 1.54) is 12.1 Å². The third-order valence-corrected chi connectivity index (χ3v) is 5.97. The van der Waals surface area contributed by atoms with Gasteiger partial charge in [0.1, 0.15) is 5.82 Å². The molecule has 7 nitrogen and oxygen atoms in total. The fraction of sp³-hybridized carbons (Fsp3) is 0.348. The van der Waals surface area contributed by atoms with Crippen molar-refractivity contribution in [2.45, 2.75) is 19.4 Å². The van der Waals surface area contributed by atoms with Gasteiger partial charge < -0.3 is 15.4 Å². The Kier molecular flexibility index (Phi) is 6.83. The number of nitrogens with zero attached hydrogens (tertiary/aromatic N) is 1. The summed E-state index contributed by atoms with van der Waals surface area (Å²) in [7, 11) is 0. The molecule has 3 N–H and O–H groups in total. The standard InChI is InChI=1S/C23H24ClFN4O3/c1-13-2-3-14(20-10-21(30)29-28-20)8-17(13)23(31)27-12-16-11-26-6-7-32-22(16)15-4-5-18(24)19(25)9-15/h2-5,8-9,16,22,26H,6-7,10-12H2,1H3,(H,27,31)(H,29,30)/t16-,22-/m0/s1. The van der Waals surface area contributed by atoms with Crippen LogP contribution in [0.4, 0.5) is 4.39 Å². The molecule has 9 heteroatoms. The van der Waals surface area contributed by atoms with Crippen molar-refractivity contribution in [1.82, 2.24) is 16.1 Å². The molecular weight excluding hydrogens is 435 g/mol. The zero-order chi connectivity index (χ0) is 22.7. The summed E-state index contributed by atoms with van der Waals surface area (Å²) in [5.74, 6) is -1.00. The van der Waals surface area contributed by atoms with Crippen molar-refractivity contribution in [2.24, 2.45) is 11.0 Å². The number of halogens is 2. The lowest BCUT2D eigenvalue weighted by atomic mass is 9.94. The maximum atomic E-state index is 14.0. The molecule has 2 atom stereocenters. The molecule has 2 aromatic rings. The van der Waals surface area contributed by atoms with Crippen LogP contribution in [0.2, 0.25) is 5.02 Å². The summed E-state index contributed by atoms with van der Waals surface area (Å²) in [6.45, 7) is 3.96. The Bertz CT molecular complexity index is 1080. The molecule has 2 heterocycles. The van der Waals surface area contributed by atoms with Crippen LogP contribution < -0.4 is 16.1 Å². The number of amides is 2. The van der Waals surface area contributed by atoms with Gasteiger partial charge in [0.2, 0.25) is 5.91 Å². The second-order valence-electron chi connectivity index (χ2n) is 7.94. The highest BCUT2D eigenvalue weighted by atomic mass is 35.5. The quantitative estimate of drug-likeness (QED) is 0.642. The van der Waals surface area contributed by atoms with Gasteiger partial charge in [0.15, 0.2) is 0 Å². The van der Waals surface area contributed by atoms with Crippen molar-refractivity contribution in [3.63, 3.8) is 0 Å². The van der Waals surface area contributed by atoms with E-state index in [9.17, 15) is 14.0 Å². The molecule has 2 aliphatic heterocycles. The average molecular weight is 459 g/mol. The van der Waals surface area contributed by atoms with Gasteiger partial charge in [0.25, 0.3) is 5.91 Å². The Morgan fingerprint density at radius 3 is 2.91 bits per heavy atom. The van der Waals surface area contributed by atoms with E-state index in [-0.39, 0.29) is 35.3 Å². The van der Waals surface area contributed by atoms with E-state index >= 15 is 0 Å².